The van der Waals surface area contributed by atoms with Crippen molar-refractivity contribution >= 4 is 20.1 Å². The lowest BCUT2D eigenvalue weighted by atomic mass is 10.0. The highest BCUT2D eigenvalue weighted by Crippen LogP contribution is 2.58. The number of alkyl halides is 11. The number of quaternary nitrogens is 1. The number of aliphatic hydroxyl groups is 3. The van der Waals surface area contributed by atoms with Crippen LogP contribution in [0.3, 0.4) is 0 Å². The van der Waals surface area contributed by atoms with Crippen molar-refractivity contribution in [3.8, 4) is 0 Å². The molecule has 0 radical (unpaired) electrons. The molecule has 0 aliphatic rings. The summed E-state index contributed by atoms with van der Waals surface area (Å²) in [6, 6.07) is -2.33. The Hall–Kier alpha value is -1.11. The van der Waals surface area contributed by atoms with Crippen molar-refractivity contribution in [3.05, 3.63) is 0 Å². The summed E-state index contributed by atoms with van der Waals surface area (Å²) in [7, 11) is -9.86. The Morgan fingerprint density at radius 3 is 1.65 bits per heavy atom. The standard InChI is InChI=1S/C17H27F11N2O8S2/c1-30(2,8-12(33)10-32)6-4-11(9-31)29(5-3-7-39(34,35)36)40(37,38)17(27,28)15(22,23)13(18,19)14(20,21)16(24,25)26/h11-12,31-33H,3-10H2,1-2H3/p+1. The minimum Gasteiger partial charge on any atom is -0.395 e. The van der Waals surface area contributed by atoms with Crippen LogP contribution in [0.1, 0.15) is 12.8 Å². The lowest BCUT2D eigenvalue weighted by molar-refractivity contribution is -0.893. The molecule has 0 amide bonds. The van der Waals surface area contributed by atoms with E-state index in [0.717, 1.165) is 0 Å². The van der Waals surface area contributed by atoms with E-state index in [1.54, 1.807) is 0 Å². The fourth-order valence-electron chi connectivity index (χ4n) is 3.31. The van der Waals surface area contributed by atoms with Crippen LogP contribution in [0.15, 0.2) is 0 Å². The van der Waals surface area contributed by atoms with Crippen molar-refractivity contribution in [3.63, 3.8) is 0 Å². The van der Waals surface area contributed by atoms with Gasteiger partial charge in [0.25, 0.3) is 20.1 Å². The molecule has 0 aromatic rings. The lowest BCUT2D eigenvalue weighted by Gasteiger charge is -2.40. The molecule has 40 heavy (non-hydrogen) atoms. The summed E-state index contributed by atoms with van der Waals surface area (Å²) in [5.41, 5.74) is 0. The van der Waals surface area contributed by atoms with Gasteiger partial charge in [-0.3, -0.25) is 4.55 Å². The number of hydrogen-bond donors (Lipinski definition) is 4. The van der Waals surface area contributed by atoms with Gasteiger partial charge in [0.15, 0.2) is 0 Å². The Kier molecular flexibility index (Phi) is 12.3. The van der Waals surface area contributed by atoms with E-state index in [9.17, 15) is 75.3 Å². The molecular weight excluding hydrogens is 633 g/mol. The van der Waals surface area contributed by atoms with Gasteiger partial charge >= 0.3 is 29.2 Å². The minimum absolute atomic E-state index is 0.322. The van der Waals surface area contributed by atoms with Crippen LogP contribution >= 0.6 is 0 Å². The first-order chi connectivity index (χ1) is 17.5. The summed E-state index contributed by atoms with van der Waals surface area (Å²) >= 11 is 0. The Morgan fingerprint density at radius 1 is 0.800 bits per heavy atom. The molecule has 0 saturated heterocycles. The summed E-state index contributed by atoms with van der Waals surface area (Å²) in [4.78, 5) is 0. The summed E-state index contributed by atoms with van der Waals surface area (Å²) in [5, 5.41) is 20.6. The van der Waals surface area contributed by atoms with Gasteiger partial charge < -0.3 is 19.8 Å². The van der Waals surface area contributed by atoms with Crippen molar-refractivity contribution in [2.45, 2.75) is 54.2 Å². The zero-order valence-electron chi connectivity index (χ0n) is 20.6. The van der Waals surface area contributed by atoms with Gasteiger partial charge in [-0.1, -0.05) is 0 Å². The zero-order valence-corrected chi connectivity index (χ0v) is 22.2. The number of likely N-dealkylation sites (N-methyl/N-ethyl adjacent to an activating group) is 1. The van der Waals surface area contributed by atoms with Crippen LogP contribution in [-0.2, 0) is 20.1 Å². The van der Waals surface area contributed by atoms with Crippen LogP contribution in [0.5, 0.6) is 0 Å². The molecule has 23 heteroatoms. The van der Waals surface area contributed by atoms with Gasteiger partial charge in [0, 0.05) is 13.0 Å². The number of halogens is 11. The summed E-state index contributed by atoms with van der Waals surface area (Å²) in [5.74, 6) is -25.3. The first-order valence-electron chi connectivity index (χ1n) is 10.7. The predicted octanol–water partition coefficient (Wildman–Crippen LogP) is 1.14. The average Bonchev–Trinajstić information content (AvgIpc) is 2.75. The van der Waals surface area contributed by atoms with E-state index < -0.39 is 115 Å². The molecule has 0 saturated carbocycles. The SMILES string of the molecule is C[N+](C)(CCC(CO)N(CCCS(=O)(=O)O)S(=O)(=O)C(F)(F)C(F)(F)C(F)(F)C(F)(F)C(F)(F)F)CC(O)CO. The van der Waals surface area contributed by atoms with Gasteiger partial charge in [0.05, 0.1) is 45.6 Å². The maximum atomic E-state index is 14.6. The van der Waals surface area contributed by atoms with E-state index in [2.05, 4.69) is 0 Å². The van der Waals surface area contributed by atoms with Gasteiger partial charge in [-0.05, 0) is 6.42 Å². The Balaban J connectivity index is 6.76. The van der Waals surface area contributed by atoms with Crippen LogP contribution in [0.4, 0.5) is 48.3 Å². The minimum atomic E-state index is -8.05. The number of rotatable bonds is 17. The highest BCUT2D eigenvalue weighted by atomic mass is 32.2. The quantitative estimate of drug-likeness (QED) is 0.103. The predicted molar refractivity (Wildman–Crippen MR) is 113 cm³/mol. The van der Waals surface area contributed by atoms with Crippen molar-refractivity contribution in [2.24, 2.45) is 0 Å². The number of sulfonamides is 1. The van der Waals surface area contributed by atoms with E-state index in [1.807, 2.05) is 0 Å². The molecule has 0 aromatic carbocycles. The fraction of sp³-hybridized carbons (Fsp3) is 1.00. The third kappa shape index (κ3) is 8.25. The maximum Gasteiger partial charge on any atom is 0.460 e. The fourth-order valence-corrected chi connectivity index (χ4v) is 5.49. The van der Waals surface area contributed by atoms with Crippen molar-refractivity contribution in [2.75, 3.05) is 52.7 Å². The highest BCUT2D eigenvalue weighted by Gasteiger charge is 2.90. The molecule has 4 N–H and O–H groups in total. The molecule has 10 nitrogen and oxygen atoms in total. The van der Waals surface area contributed by atoms with Crippen LogP contribution in [0.25, 0.3) is 0 Å². The third-order valence-corrected chi connectivity index (χ3v) is 8.33. The van der Waals surface area contributed by atoms with E-state index in [4.69, 9.17) is 9.66 Å². The smallest absolute Gasteiger partial charge is 0.395 e. The van der Waals surface area contributed by atoms with Crippen LogP contribution in [0.2, 0.25) is 0 Å². The van der Waals surface area contributed by atoms with E-state index in [0.29, 0.717) is 0 Å². The van der Waals surface area contributed by atoms with E-state index in [-0.39, 0.29) is 6.54 Å². The number of aliphatic hydroxyl groups excluding tert-OH is 3. The first-order valence-corrected chi connectivity index (χ1v) is 13.8. The van der Waals surface area contributed by atoms with Crippen LogP contribution in [-0.4, -0.2) is 140 Å². The van der Waals surface area contributed by atoms with E-state index in [1.165, 1.54) is 14.1 Å². The molecule has 0 bridgehead atoms. The number of hydrogen-bond acceptors (Lipinski definition) is 7. The van der Waals surface area contributed by atoms with Crippen LogP contribution < -0.4 is 0 Å². The monoisotopic (exact) mass is 661 g/mol. The molecule has 0 fully saturated rings. The molecular formula is C17H28F11N2O8S2+. The van der Waals surface area contributed by atoms with Crippen molar-refractivity contribution in [1.29, 1.82) is 0 Å². The topological polar surface area (TPSA) is 152 Å². The normalized spacial score (nSPS) is 16.9. The van der Waals surface area contributed by atoms with Gasteiger partial charge in [0.2, 0.25) is 0 Å². The lowest BCUT2D eigenvalue weighted by Crippen LogP contribution is -2.69. The first kappa shape index (κ1) is 38.9. The molecule has 242 valence electrons. The molecule has 0 heterocycles. The Bertz CT molecular complexity index is 1050. The van der Waals surface area contributed by atoms with E-state index >= 15 is 0 Å². The zero-order chi connectivity index (χ0) is 32.4. The molecule has 0 aliphatic carbocycles. The Morgan fingerprint density at radius 2 is 1.27 bits per heavy atom. The molecule has 2 unspecified atom stereocenters. The maximum absolute atomic E-state index is 14.6. The van der Waals surface area contributed by atoms with Gasteiger partial charge in [-0.2, -0.15) is 61.0 Å². The Labute approximate surface area is 221 Å². The van der Waals surface area contributed by atoms with Crippen LogP contribution in [0, 0.1) is 0 Å². The molecule has 0 aliphatic heterocycles. The second-order valence-electron chi connectivity index (χ2n) is 9.30. The second-order valence-corrected chi connectivity index (χ2v) is 12.8. The van der Waals surface area contributed by atoms with Gasteiger partial charge in [-0.25, -0.2) is 8.42 Å². The van der Waals surface area contributed by atoms with Gasteiger partial charge in [0.1, 0.15) is 12.6 Å². The molecule has 0 rings (SSSR count). The second kappa shape index (κ2) is 12.6. The van der Waals surface area contributed by atoms with Crippen molar-refractivity contribution in [1.82, 2.24) is 4.31 Å². The van der Waals surface area contributed by atoms with Gasteiger partial charge in [-0.15, -0.1) is 0 Å². The highest BCUT2D eigenvalue weighted by molar-refractivity contribution is 7.90. The largest absolute Gasteiger partial charge is 0.460 e. The van der Waals surface area contributed by atoms with Crippen molar-refractivity contribution < 1.29 is 89.5 Å². The summed E-state index contributed by atoms with van der Waals surface area (Å²) < 4.78 is 203. The average molecular weight is 662 g/mol. The summed E-state index contributed by atoms with van der Waals surface area (Å²) in [6.07, 6.45) is -11.0. The molecule has 0 spiro atoms. The molecule has 2 atom stereocenters. The third-order valence-electron chi connectivity index (χ3n) is 5.53. The number of nitrogens with zero attached hydrogens (tertiary/aromatic N) is 2. The molecule has 0 aromatic heterocycles. The summed E-state index contributed by atoms with van der Waals surface area (Å²) in [6.45, 7) is -4.81.